The minimum Gasteiger partial charge on any atom is -0.479 e. The molecule has 2 rings (SSSR count). The number of hydrogen-bond donors (Lipinski definition) is 2. The second-order valence-corrected chi connectivity index (χ2v) is 4.09. The lowest BCUT2D eigenvalue weighted by molar-refractivity contribution is -0.147. The maximum absolute atomic E-state index is 10.8. The number of rotatable bonds is 5. The van der Waals surface area contributed by atoms with Crippen molar-refractivity contribution in [2.45, 2.75) is 13.0 Å². The van der Waals surface area contributed by atoms with Gasteiger partial charge in [-0.15, -0.1) is 0 Å². The van der Waals surface area contributed by atoms with Crippen LogP contribution in [0.5, 0.6) is 0 Å². The predicted molar refractivity (Wildman–Crippen MR) is 71.2 cm³/mol. The number of nitrogens with zero attached hydrogens (tertiary/aromatic N) is 2. The Morgan fingerprint density at radius 3 is 2.58 bits per heavy atom. The molecule has 0 bridgehead atoms. The zero-order valence-electron chi connectivity index (χ0n) is 10.8. The van der Waals surface area contributed by atoms with E-state index >= 15 is 0 Å². The molecule has 0 spiro atoms. The number of aromatic nitrogens is 2. The fraction of sp³-hybridized carbons (Fsp3) is 0.308. The second kappa shape index (κ2) is 5.62. The third kappa shape index (κ3) is 2.97. The van der Waals surface area contributed by atoms with Gasteiger partial charge >= 0.3 is 5.97 Å². The number of aryl methyl sites for hydroxylation is 1. The summed E-state index contributed by atoms with van der Waals surface area (Å²) in [7, 11) is 1.36. The Labute approximate surface area is 110 Å². The van der Waals surface area contributed by atoms with Crippen molar-refractivity contribution in [1.29, 1.82) is 0 Å². The molecule has 1 unspecified atom stereocenters. The number of hydrogen-bond acceptors (Lipinski definition) is 5. The summed E-state index contributed by atoms with van der Waals surface area (Å²) in [6.45, 7) is 1.96. The highest BCUT2D eigenvalue weighted by Crippen LogP contribution is 2.15. The zero-order chi connectivity index (χ0) is 13.8. The standard InChI is InChI=1S/C13H15N3O3/c1-8-12(14-7-11(19-2)13(17)18)16-10-6-4-3-5-9(10)15-8/h3-6,11H,7H2,1-2H3,(H,14,16)(H,17,18). The van der Waals surface area contributed by atoms with Crippen LogP contribution in [0.2, 0.25) is 0 Å². The van der Waals surface area contributed by atoms with Crippen LogP contribution in [0, 0.1) is 6.92 Å². The van der Waals surface area contributed by atoms with Gasteiger partial charge in [0.2, 0.25) is 0 Å². The van der Waals surface area contributed by atoms with Crippen LogP contribution in [0.3, 0.4) is 0 Å². The van der Waals surface area contributed by atoms with Crippen LogP contribution in [0.1, 0.15) is 5.69 Å². The van der Waals surface area contributed by atoms with E-state index in [1.807, 2.05) is 31.2 Å². The van der Waals surface area contributed by atoms with E-state index in [4.69, 9.17) is 9.84 Å². The smallest absolute Gasteiger partial charge is 0.334 e. The van der Waals surface area contributed by atoms with Crippen molar-refractivity contribution < 1.29 is 14.6 Å². The van der Waals surface area contributed by atoms with Gasteiger partial charge in [0.1, 0.15) is 5.82 Å². The highest BCUT2D eigenvalue weighted by molar-refractivity contribution is 5.76. The van der Waals surface area contributed by atoms with Gasteiger partial charge in [-0.05, 0) is 19.1 Å². The van der Waals surface area contributed by atoms with Crippen LogP contribution >= 0.6 is 0 Å². The van der Waals surface area contributed by atoms with Gasteiger partial charge in [0.15, 0.2) is 6.10 Å². The van der Waals surface area contributed by atoms with Crippen molar-refractivity contribution >= 4 is 22.8 Å². The van der Waals surface area contributed by atoms with E-state index in [-0.39, 0.29) is 6.54 Å². The Hall–Kier alpha value is -2.21. The molecule has 0 radical (unpaired) electrons. The summed E-state index contributed by atoms with van der Waals surface area (Å²) < 4.78 is 4.85. The van der Waals surface area contributed by atoms with Gasteiger partial charge in [-0.25, -0.2) is 14.8 Å². The number of aliphatic carboxylic acids is 1. The van der Waals surface area contributed by atoms with Crippen molar-refractivity contribution in [3.8, 4) is 0 Å². The molecule has 0 aliphatic rings. The van der Waals surface area contributed by atoms with Gasteiger partial charge in [-0.2, -0.15) is 0 Å². The largest absolute Gasteiger partial charge is 0.479 e. The summed E-state index contributed by atoms with van der Waals surface area (Å²) >= 11 is 0. The van der Waals surface area contributed by atoms with Crippen LogP contribution < -0.4 is 5.32 Å². The number of benzene rings is 1. The summed E-state index contributed by atoms with van der Waals surface area (Å²) in [5, 5.41) is 11.8. The second-order valence-electron chi connectivity index (χ2n) is 4.09. The van der Waals surface area contributed by atoms with Crippen LogP contribution in [0.25, 0.3) is 11.0 Å². The summed E-state index contributed by atoms with van der Waals surface area (Å²) in [6, 6.07) is 7.52. The van der Waals surface area contributed by atoms with E-state index in [9.17, 15) is 4.79 Å². The van der Waals surface area contributed by atoms with Gasteiger partial charge in [0.05, 0.1) is 23.3 Å². The number of ether oxygens (including phenoxy) is 1. The molecule has 0 amide bonds. The summed E-state index contributed by atoms with van der Waals surface area (Å²) in [4.78, 5) is 19.7. The number of para-hydroxylation sites is 2. The summed E-state index contributed by atoms with van der Waals surface area (Å²) in [6.07, 6.45) is -0.910. The van der Waals surface area contributed by atoms with Crippen molar-refractivity contribution in [3.05, 3.63) is 30.0 Å². The minimum absolute atomic E-state index is 0.139. The van der Waals surface area contributed by atoms with Gasteiger partial charge in [-0.3, -0.25) is 0 Å². The molecule has 0 aliphatic heterocycles. The van der Waals surface area contributed by atoms with Crippen molar-refractivity contribution in [3.63, 3.8) is 0 Å². The number of methoxy groups -OCH3 is 1. The predicted octanol–water partition coefficient (Wildman–Crippen LogP) is 1.45. The van der Waals surface area contributed by atoms with E-state index in [0.717, 1.165) is 16.7 Å². The third-order valence-electron chi connectivity index (χ3n) is 2.76. The van der Waals surface area contributed by atoms with Gasteiger partial charge in [-0.1, -0.05) is 12.1 Å². The number of carboxylic acids is 1. The molecule has 1 heterocycles. The van der Waals surface area contributed by atoms with Crippen molar-refractivity contribution in [1.82, 2.24) is 9.97 Å². The molecule has 6 heteroatoms. The zero-order valence-corrected chi connectivity index (χ0v) is 10.8. The number of anilines is 1. The van der Waals surface area contributed by atoms with Crippen LogP contribution in [-0.4, -0.2) is 40.8 Å². The first kappa shape index (κ1) is 13.2. The third-order valence-corrected chi connectivity index (χ3v) is 2.76. The first-order chi connectivity index (χ1) is 9.11. The van der Waals surface area contributed by atoms with Gasteiger partial charge in [0.25, 0.3) is 0 Å². The lowest BCUT2D eigenvalue weighted by Gasteiger charge is -2.13. The SMILES string of the molecule is COC(CNc1nc2ccccc2nc1C)C(=O)O. The summed E-state index contributed by atoms with van der Waals surface area (Å²) in [5.41, 5.74) is 2.30. The molecular weight excluding hydrogens is 246 g/mol. The minimum atomic E-state index is -1.01. The molecule has 19 heavy (non-hydrogen) atoms. The topological polar surface area (TPSA) is 84.3 Å². The molecule has 0 aliphatic carbocycles. The quantitative estimate of drug-likeness (QED) is 0.847. The highest BCUT2D eigenvalue weighted by Gasteiger charge is 2.16. The van der Waals surface area contributed by atoms with Crippen LogP contribution in [-0.2, 0) is 9.53 Å². The molecular formula is C13H15N3O3. The van der Waals surface area contributed by atoms with Crippen LogP contribution in [0.4, 0.5) is 5.82 Å². The normalized spacial score (nSPS) is 12.3. The number of carbonyl (C=O) groups is 1. The average molecular weight is 261 g/mol. The Kier molecular flexibility index (Phi) is 3.91. The monoisotopic (exact) mass is 261 g/mol. The Bertz CT molecular complexity index is 601. The maximum Gasteiger partial charge on any atom is 0.334 e. The molecule has 0 saturated heterocycles. The molecule has 0 saturated carbocycles. The van der Waals surface area contributed by atoms with E-state index in [2.05, 4.69) is 15.3 Å². The molecule has 2 aromatic rings. The van der Waals surface area contributed by atoms with E-state index in [1.165, 1.54) is 7.11 Å². The average Bonchev–Trinajstić information content (AvgIpc) is 2.39. The first-order valence-electron chi connectivity index (χ1n) is 5.84. The Morgan fingerprint density at radius 2 is 2.00 bits per heavy atom. The van der Waals surface area contributed by atoms with E-state index < -0.39 is 12.1 Å². The fourth-order valence-electron chi connectivity index (χ4n) is 1.72. The Balaban J connectivity index is 2.20. The molecule has 0 fully saturated rings. The number of fused-ring (bicyclic) bond motifs is 1. The molecule has 1 aromatic carbocycles. The number of nitrogens with one attached hydrogen (secondary N) is 1. The molecule has 1 aromatic heterocycles. The lowest BCUT2D eigenvalue weighted by atomic mass is 10.3. The number of carboxylic acid groups (broad SMARTS) is 1. The molecule has 1 atom stereocenters. The van der Waals surface area contributed by atoms with E-state index in [0.29, 0.717) is 5.82 Å². The van der Waals surface area contributed by atoms with Gasteiger partial charge in [0, 0.05) is 7.11 Å². The fourth-order valence-corrected chi connectivity index (χ4v) is 1.72. The van der Waals surface area contributed by atoms with Crippen molar-refractivity contribution in [2.75, 3.05) is 19.0 Å². The van der Waals surface area contributed by atoms with Crippen LogP contribution in [0.15, 0.2) is 24.3 Å². The van der Waals surface area contributed by atoms with Crippen molar-refractivity contribution in [2.24, 2.45) is 0 Å². The maximum atomic E-state index is 10.8. The first-order valence-corrected chi connectivity index (χ1v) is 5.84. The molecule has 2 N–H and O–H groups in total. The molecule has 100 valence electrons. The highest BCUT2D eigenvalue weighted by atomic mass is 16.5. The summed E-state index contributed by atoms with van der Waals surface area (Å²) in [5.74, 6) is -0.441. The Morgan fingerprint density at radius 1 is 1.37 bits per heavy atom. The van der Waals surface area contributed by atoms with Gasteiger partial charge < -0.3 is 15.2 Å². The molecule has 6 nitrogen and oxygen atoms in total. The lowest BCUT2D eigenvalue weighted by Crippen LogP contribution is -2.30. The van der Waals surface area contributed by atoms with E-state index in [1.54, 1.807) is 0 Å².